The lowest BCUT2D eigenvalue weighted by atomic mass is 9.84. The highest BCUT2D eigenvalue weighted by atomic mass is 19.3. The highest BCUT2D eigenvalue weighted by Gasteiger charge is 2.43. The lowest BCUT2D eigenvalue weighted by Gasteiger charge is -2.46. The van der Waals surface area contributed by atoms with Gasteiger partial charge in [0, 0.05) is 37.3 Å². The number of fused-ring (bicyclic) bond motifs is 2. The van der Waals surface area contributed by atoms with E-state index in [0.29, 0.717) is 32.3 Å². The van der Waals surface area contributed by atoms with Crippen molar-refractivity contribution in [2.45, 2.75) is 12.5 Å². The highest BCUT2D eigenvalue weighted by molar-refractivity contribution is 5.59. The summed E-state index contributed by atoms with van der Waals surface area (Å²) in [7, 11) is 0. The Bertz CT molecular complexity index is 1270. The number of piperidine rings is 1. The normalized spacial score (nSPS) is 21.2. The maximum atomic E-state index is 15.2. The van der Waals surface area contributed by atoms with E-state index in [1.54, 1.807) is 0 Å². The number of hydrogen-bond donors (Lipinski definition) is 1. The van der Waals surface area contributed by atoms with Crippen LogP contribution in [0.15, 0.2) is 36.9 Å². The molecule has 1 aromatic carbocycles. The van der Waals surface area contributed by atoms with Crippen molar-refractivity contribution < 1.29 is 27.0 Å². The van der Waals surface area contributed by atoms with Gasteiger partial charge < -0.3 is 19.7 Å². The molecule has 9 nitrogen and oxygen atoms in total. The summed E-state index contributed by atoms with van der Waals surface area (Å²) in [6.07, 6.45) is 0.204. The van der Waals surface area contributed by atoms with Gasteiger partial charge in [-0.15, -0.1) is 0 Å². The van der Waals surface area contributed by atoms with Crippen LogP contribution in [0.3, 0.4) is 0 Å². The van der Waals surface area contributed by atoms with Gasteiger partial charge in [0.25, 0.3) is 12.3 Å². The monoisotopic (exact) mass is 501 g/mol. The van der Waals surface area contributed by atoms with Crippen LogP contribution in [0.4, 0.5) is 35.0 Å². The van der Waals surface area contributed by atoms with Gasteiger partial charge in [-0.2, -0.15) is 14.6 Å². The molecule has 186 valence electrons. The third kappa shape index (κ3) is 4.72. The molecule has 1 N–H and O–H groups in total. The van der Waals surface area contributed by atoms with Gasteiger partial charge in [0.05, 0.1) is 36.1 Å². The van der Waals surface area contributed by atoms with Gasteiger partial charge in [-0.05, 0) is 18.2 Å². The van der Waals surface area contributed by atoms with Gasteiger partial charge >= 0.3 is 0 Å². The molecule has 0 radical (unpaired) electrons. The molecule has 2 fully saturated rings. The molecule has 2 bridgehead atoms. The summed E-state index contributed by atoms with van der Waals surface area (Å²) in [5.74, 6) is -2.29. The number of rotatable bonds is 6. The van der Waals surface area contributed by atoms with Crippen molar-refractivity contribution >= 4 is 17.5 Å². The van der Waals surface area contributed by atoms with Crippen LogP contribution < -0.4 is 15.0 Å². The van der Waals surface area contributed by atoms with Gasteiger partial charge in [-0.3, -0.25) is 0 Å². The first kappa shape index (κ1) is 23.7. The van der Waals surface area contributed by atoms with E-state index >= 15 is 4.39 Å². The lowest BCUT2D eigenvalue weighted by molar-refractivity contribution is -0.0780. The standard InChI is InChI=1S/C23H19F4N7O2/c24-16-3-12(4-28)1-2-17(16)33-21-18(25)22(32-11-31-21)36-19-14-7-34(8-15(19)10-35-9-14)23-29-5-13(6-30-23)20(26)27/h1-3,5-6,11,14-15,19-20H,7-10H2,(H,31,32,33). The van der Waals surface area contributed by atoms with Crippen molar-refractivity contribution in [3.63, 3.8) is 0 Å². The molecule has 3 aromatic rings. The number of nitrogens with one attached hydrogen (secondary N) is 1. The quantitative estimate of drug-likeness (QED) is 0.507. The molecule has 0 spiro atoms. The van der Waals surface area contributed by atoms with Crippen LogP contribution in [-0.4, -0.2) is 52.3 Å². The molecule has 0 aliphatic carbocycles. The molecular weight excluding hydrogens is 482 g/mol. The number of nitriles is 1. The summed E-state index contributed by atoms with van der Waals surface area (Å²) >= 11 is 0. The Kier molecular flexibility index (Phi) is 6.51. The second kappa shape index (κ2) is 9.90. The minimum atomic E-state index is -2.65. The summed E-state index contributed by atoms with van der Waals surface area (Å²) in [5.41, 5.74) is -0.195. The van der Waals surface area contributed by atoms with E-state index < -0.39 is 24.2 Å². The molecule has 2 aromatic heterocycles. The van der Waals surface area contributed by atoms with E-state index in [4.69, 9.17) is 14.7 Å². The van der Waals surface area contributed by atoms with E-state index in [2.05, 4.69) is 25.3 Å². The number of halogens is 4. The lowest BCUT2D eigenvalue weighted by Crippen LogP contribution is -2.58. The van der Waals surface area contributed by atoms with Gasteiger partial charge in [-0.25, -0.2) is 28.1 Å². The van der Waals surface area contributed by atoms with Crippen molar-refractivity contribution in [1.29, 1.82) is 5.26 Å². The zero-order valence-electron chi connectivity index (χ0n) is 18.6. The van der Waals surface area contributed by atoms with Crippen LogP contribution in [-0.2, 0) is 4.74 Å². The first-order valence-electron chi connectivity index (χ1n) is 11.0. The fourth-order valence-electron chi connectivity index (χ4n) is 4.33. The fourth-order valence-corrected chi connectivity index (χ4v) is 4.33. The summed E-state index contributed by atoms with van der Waals surface area (Å²) < 4.78 is 66.7. The smallest absolute Gasteiger partial charge is 0.266 e. The first-order valence-corrected chi connectivity index (χ1v) is 11.0. The molecule has 0 amide bonds. The van der Waals surface area contributed by atoms with E-state index in [1.165, 1.54) is 12.1 Å². The van der Waals surface area contributed by atoms with Crippen molar-refractivity contribution in [2.75, 3.05) is 36.5 Å². The van der Waals surface area contributed by atoms with Crippen molar-refractivity contribution in [2.24, 2.45) is 11.8 Å². The molecule has 4 heterocycles. The Balaban J connectivity index is 1.32. The third-order valence-corrected chi connectivity index (χ3v) is 6.05. The topological polar surface area (TPSA) is 109 Å². The number of benzene rings is 1. The van der Waals surface area contributed by atoms with Crippen molar-refractivity contribution in [1.82, 2.24) is 19.9 Å². The van der Waals surface area contributed by atoms with E-state index in [-0.39, 0.29) is 40.3 Å². The maximum absolute atomic E-state index is 15.2. The number of nitrogens with zero attached hydrogens (tertiary/aromatic N) is 6. The molecule has 2 saturated heterocycles. The summed E-state index contributed by atoms with van der Waals surface area (Å²) in [5, 5.41) is 11.4. The Morgan fingerprint density at radius 3 is 2.44 bits per heavy atom. The second-order valence-electron chi connectivity index (χ2n) is 8.44. The molecule has 2 aliphatic rings. The average Bonchev–Trinajstić information content (AvgIpc) is 2.87. The van der Waals surface area contributed by atoms with E-state index in [0.717, 1.165) is 24.8 Å². The maximum Gasteiger partial charge on any atom is 0.266 e. The summed E-state index contributed by atoms with van der Waals surface area (Å²) in [4.78, 5) is 17.7. The number of ether oxygens (including phenoxy) is 2. The predicted octanol–water partition coefficient (Wildman–Crippen LogP) is 3.63. The van der Waals surface area contributed by atoms with Gasteiger partial charge in [0.15, 0.2) is 5.82 Å². The minimum absolute atomic E-state index is 0.0611. The van der Waals surface area contributed by atoms with Gasteiger partial charge in [0.2, 0.25) is 11.8 Å². The molecular formula is C23H19F4N7O2. The molecule has 5 rings (SSSR count). The van der Waals surface area contributed by atoms with Crippen molar-refractivity contribution in [3.05, 3.63) is 59.7 Å². The molecule has 2 unspecified atom stereocenters. The van der Waals surface area contributed by atoms with E-state index in [9.17, 15) is 13.2 Å². The molecule has 13 heteroatoms. The third-order valence-electron chi connectivity index (χ3n) is 6.05. The molecule has 2 atom stereocenters. The summed E-state index contributed by atoms with van der Waals surface area (Å²) in [6, 6.07) is 5.55. The Hall–Kier alpha value is -4.05. The van der Waals surface area contributed by atoms with Crippen LogP contribution >= 0.6 is 0 Å². The van der Waals surface area contributed by atoms with Crippen LogP contribution in [0, 0.1) is 34.8 Å². The Labute approximate surface area is 202 Å². The number of alkyl halides is 2. The van der Waals surface area contributed by atoms with Gasteiger partial charge in [0.1, 0.15) is 18.2 Å². The highest BCUT2D eigenvalue weighted by Crippen LogP contribution is 2.34. The van der Waals surface area contributed by atoms with Crippen LogP contribution in [0.25, 0.3) is 0 Å². The summed E-state index contributed by atoms with van der Waals surface area (Å²) in [6.45, 7) is 1.48. The zero-order valence-corrected chi connectivity index (χ0v) is 18.6. The fraction of sp³-hybridized carbons (Fsp3) is 0.348. The molecule has 36 heavy (non-hydrogen) atoms. The van der Waals surface area contributed by atoms with E-state index in [1.807, 2.05) is 11.0 Å². The Morgan fingerprint density at radius 1 is 1.08 bits per heavy atom. The van der Waals surface area contributed by atoms with Crippen molar-refractivity contribution in [3.8, 4) is 11.9 Å². The van der Waals surface area contributed by atoms with Crippen LogP contribution in [0.1, 0.15) is 17.6 Å². The number of anilines is 3. The SMILES string of the molecule is N#Cc1ccc(Nc2ncnc(OC3C4COCC3CN(c3ncc(C(F)F)cn3)C4)c2F)c(F)c1. The molecule has 0 saturated carbocycles. The molecule has 2 aliphatic heterocycles. The second-order valence-corrected chi connectivity index (χ2v) is 8.44. The van der Waals surface area contributed by atoms with Crippen LogP contribution in [0.2, 0.25) is 0 Å². The number of aromatic nitrogens is 4. The average molecular weight is 501 g/mol. The largest absolute Gasteiger partial charge is 0.471 e. The van der Waals surface area contributed by atoms with Crippen LogP contribution in [0.5, 0.6) is 5.88 Å². The number of hydrogen-bond acceptors (Lipinski definition) is 9. The predicted molar refractivity (Wildman–Crippen MR) is 118 cm³/mol. The van der Waals surface area contributed by atoms with Gasteiger partial charge in [-0.1, -0.05) is 0 Å². The minimum Gasteiger partial charge on any atom is -0.471 e. The first-order chi connectivity index (χ1) is 17.4. The Morgan fingerprint density at radius 2 is 1.81 bits per heavy atom. The zero-order chi connectivity index (χ0) is 25.2.